The molecule has 2 heterocycles. The van der Waals surface area contributed by atoms with Gasteiger partial charge in [0, 0.05) is 31.7 Å². The van der Waals surface area contributed by atoms with Gasteiger partial charge in [-0.2, -0.15) is 4.31 Å². The van der Waals surface area contributed by atoms with Gasteiger partial charge in [0.1, 0.15) is 10.7 Å². The average molecular weight is 433 g/mol. The molecule has 29 heavy (non-hydrogen) atoms. The van der Waals surface area contributed by atoms with E-state index in [0.717, 1.165) is 5.56 Å². The minimum Gasteiger partial charge on any atom is -0.352 e. The smallest absolute Gasteiger partial charge is 0.244 e. The lowest BCUT2D eigenvalue weighted by Crippen LogP contribution is -2.49. The van der Waals surface area contributed by atoms with Gasteiger partial charge < -0.3 is 4.90 Å². The molecule has 0 unspecified atom stereocenters. The first-order chi connectivity index (χ1) is 13.9. The van der Waals surface area contributed by atoms with Gasteiger partial charge in [0.2, 0.25) is 10.0 Å². The number of hydrogen-bond donors (Lipinski definition) is 0. The fourth-order valence-electron chi connectivity index (χ4n) is 3.22. The summed E-state index contributed by atoms with van der Waals surface area (Å²) in [5, 5.41) is 8.69. The van der Waals surface area contributed by atoms with Gasteiger partial charge in [-0.25, -0.2) is 12.8 Å². The maximum atomic E-state index is 13.1. The highest BCUT2D eigenvalue weighted by molar-refractivity contribution is 7.89. The van der Waals surface area contributed by atoms with Crippen molar-refractivity contribution in [3.8, 4) is 11.3 Å². The van der Waals surface area contributed by atoms with Crippen molar-refractivity contribution < 1.29 is 12.8 Å². The molecule has 0 spiro atoms. The van der Waals surface area contributed by atoms with Crippen LogP contribution in [-0.4, -0.2) is 49.1 Å². The Hall–Kier alpha value is -2.55. The zero-order valence-corrected chi connectivity index (χ0v) is 16.9. The number of nitrogens with zero attached hydrogens (tertiary/aromatic N) is 4. The zero-order chi connectivity index (χ0) is 20.4. The van der Waals surface area contributed by atoms with Crippen LogP contribution in [0.5, 0.6) is 0 Å². The van der Waals surface area contributed by atoms with E-state index in [1.165, 1.54) is 22.5 Å². The van der Waals surface area contributed by atoms with Crippen LogP contribution in [-0.2, 0) is 10.0 Å². The summed E-state index contributed by atoms with van der Waals surface area (Å²) in [6.07, 6.45) is 0. The third kappa shape index (κ3) is 4.10. The summed E-state index contributed by atoms with van der Waals surface area (Å²) in [6.45, 7) is 1.65. The quantitative estimate of drug-likeness (QED) is 0.631. The lowest BCUT2D eigenvalue weighted by molar-refractivity contribution is 0.383. The highest BCUT2D eigenvalue weighted by Crippen LogP contribution is 2.26. The van der Waals surface area contributed by atoms with Crippen molar-refractivity contribution in [2.45, 2.75) is 4.90 Å². The first kappa shape index (κ1) is 19.8. The maximum Gasteiger partial charge on any atom is 0.244 e. The van der Waals surface area contributed by atoms with Crippen LogP contribution in [0.2, 0.25) is 5.02 Å². The molecule has 150 valence electrons. The number of aromatic nitrogens is 2. The minimum absolute atomic E-state index is 0.124. The highest BCUT2D eigenvalue weighted by Gasteiger charge is 2.30. The van der Waals surface area contributed by atoms with Gasteiger partial charge >= 0.3 is 0 Å². The average Bonchev–Trinajstić information content (AvgIpc) is 2.75. The van der Waals surface area contributed by atoms with Crippen LogP contribution in [0.15, 0.2) is 65.6 Å². The SMILES string of the molecule is O=S(=O)(c1ccccc1Cl)N1CCN(c2ccc(-c3ccc(F)cc3)nn2)CC1. The van der Waals surface area contributed by atoms with Crippen molar-refractivity contribution >= 4 is 27.4 Å². The third-order valence-electron chi connectivity index (χ3n) is 4.81. The molecule has 0 atom stereocenters. The van der Waals surface area contributed by atoms with E-state index in [1.54, 1.807) is 30.3 Å². The molecule has 0 amide bonds. The summed E-state index contributed by atoms with van der Waals surface area (Å²) in [7, 11) is -3.64. The fraction of sp³-hybridized carbons (Fsp3) is 0.200. The Kier molecular flexibility index (Phi) is 5.49. The topological polar surface area (TPSA) is 66.4 Å². The number of piperazine rings is 1. The molecule has 1 aliphatic heterocycles. The minimum atomic E-state index is -3.64. The number of anilines is 1. The summed E-state index contributed by atoms with van der Waals surface area (Å²) in [6, 6.07) is 16.2. The molecule has 3 aromatic rings. The second-order valence-corrected chi connectivity index (χ2v) is 8.92. The van der Waals surface area contributed by atoms with Crippen LogP contribution in [0.3, 0.4) is 0 Å². The molecule has 0 radical (unpaired) electrons. The van der Waals surface area contributed by atoms with E-state index in [4.69, 9.17) is 11.6 Å². The molecule has 0 bridgehead atoms. The molecule has 6 nitrogen and oxygen atoms in total. The van der Waals surface area contributed by atoms with Crippen molar-refractivity contribution in [3.05, 3.63) is 71.5 Å². The summed E-state index contributed by atoms with van der Waals surface area (Å²) in [5.74, 6) is 0.369. The lowest BCUT2D eigenvalue weighted by Gasteiger charge is -2.34. The Morgan fingerprint density at radius 2 is 1.55 bits per heavy atom. The largest absolute Gasteiger partial charge is 0.352 e. The first-order valence-corrected chi connectivity index (χ1v) is 10.9. The van der Waals surface area contributed by atoms with Crippen molar-refractivity contribution in [2.75, 3.05) is 31.1 Å². The molecule has 9 heteroatoms. The van der Waals surface area contributed by atoms with Crippen LogP contribution < -0.4 is 4.90 Å². The van der Waals surface area contributed by atoms with E-state index in [-0.39, 0.29) is 15.7 Å². The van der Waals surface area contributed by atoms with Gasteiger partial charge in [0.25, 0.3) is 0 Å². The van der Waals surface area contributed by atoms with E-state index in [1.807, 2.05) is 17.0 Å². The zero-order valence-electron chi connectivity index (χ0n) is 15.4. The fourth-order valence-corrected chi connectivity index (χ4v) is 5.13. The van der Waals surface area contributed by atoms with Gasteiger partial charge in [-0.05, 0) is 48.5 Å². The van der Waals surface area contributed by atoms with Gasteiger partial charge in [-0.1, -0.05) is 23.7 Å². The Labute approximate surface area is 173 Å². The molecule has 1 saturated heterocycles. The Morgan fingerprint density at radius 1 is 0.862 bits per heavy atom. The van der Waals surface area contributed by atoms with Crippen molar-refractivity contribution in [2.24, 2.45) is 0 Å². The predicted octanol–water partition coefficient (Wildman–Crippen LogP) is 3.45. The van der Waals surface area contributed by atoms with E-state index >= 15 is 0 Å². The molecule has 1 fully saturated rings. The molecular formula is C20H18ClFN4O2S. The molecule has 0 N–H and O–H groups in total. The number of halogens is 2. The number of rotatable bonds is 4. The summed E-state index contributed by atoms with van der Waals surface area (Å²) in [5.41, 5.74) is 1.43. The van der Waals surface area contributed by atoms with Crippen LogP contribution in [0.25, 0.3) is 11.3 Å². The Morgan fingerprint density at radius 3 is 2.17 bits per heavy atom. The van der Waals surface area contributed by atoms with Crippen LogP contribution in [0.1, 0.15) is 0 Å². The van der Waals surface area contributed by atoms with Gasteiger partial charge in [0.05, 0.1) is 10.7 Å². The van der Waals surface area contributed by atoms with Crippen molar-refractivity contribution in [3.63, 3.8) is 0 Å². The van der Waals surface area contributed by atoms with Gasteiger partial charge in [-0.3, -0.25) is 0 Å². The summed E-state index contributed by atoms with van der Waals surface area (Å²) in [4.78, 5) is 2.11. The molecule has 1 aliphatic rings. The predicted molar refractivity (Wildman–Crippen MR) is 110 cm³/mol. The van der Waals surface area contributed by atoms with Crippen LogP contribution >= 0.6 is 11.6 Å². The molecule has 1 aromatic heterocycles. The molecular weight excluding hydrogens is 415 g/mol. The number of sulfonamides is 1. The third-order valence-corrected chi connectivity index (χ3v) is 7.21. The normalized spacial score (nSPS) is 15.4. The van der Waals surface area contributed by atoms with E-state index in [2.05, 4.69) is 10.2 Å². The molecule has 2 aromatic carbocycles. The van der Waals surface area contributed by atoms with Crippen molar-refractivity contribution in [1.29, 1.82) is 0 Å². The van der Waals surface area contributed by atoms with E-state index in [0.29, 0.717) is 37.7 Å². The molecule has 0 saturated carbocycles. The van der Waals surface area contributed by atoms with Gasteiger partial charge in [0.15, 0.2) is 5.82 Å². The molecule has 4 rings (SSSR count). The van der Waals surface area contributed by atoms with Gasteiger partial charge in [-0.15, -0.1) is 10.2 Å². The standard InChI is InChI=1S/C20H18ClFN4O2S/c21-17-3-1-2-4-19(17)29(27,28)26-13-11-25(12-14-26)20-10-9-18(23-24-20)15-5-7-16(22)8-6-15/h1-10H,11-14H2. The van der Waals surface area contributed by atoms with Crippen molar-refractivity contribution in [1.82, 2.24) is 14.5 Å². The van der Waals surface area contributed by atoms with Crippen LogP contribution in [0.4, 0.5) is 10.2 Å². The van der Waals surface area contributed by atoms with E-state index < -0.39 is 10.0 Å². The maximum absolute atomic E-state index is 13.1. The second kappa shape index (κ2) is 8.06. The van der Waals surface area contributed by atoms with E-state index in [9.17, 15) is 12.8 Å². The first-order valence-electron chi connectivity index (χ1n) is 9.04. The molecule has 0 aliphatic carbocycles. The second-order valence-electron chi connectivity index (χ2n) is 6.61. The summed E-state index contributed by atoms with van der Waals surface area (Å²) < 4.78 is 40.2. The monoisotopic (exact) mass is 432 g/mol. The Balaban J connectivity index is 1.44. The highest BCUT2D eigenvalue weighted by atomic mass is 35.5. The number of benzene rings is 2. The Bertz CT molecular complexity index is 1100. The van der Waals surface area contributed by atoms with Crippen LogP contribution in [0, 0.1) is 5.82 Å². The number of hydrogen-bond acceptors (Lipinski definition) is 5. The lowest BCUT2D eigenvalue weighted by atomic mass is 10.1. The summed E-state index contributed by atoms with van der Waals surface area (Å²) >= 11 is 6.07.